The van der Waals surface area contributed by atoms with Gasteiger partial charge in [0.05, 0.1) is 8.07 Å². The zero-order valence-corrected chi connectivity index (χ0v) is 13.2. The lowest BCUT2D eigenvalue weighted by Gasteiger charge is -2.19. The number of hydrogen-bond donors (Lipinski definition) is 1. The van der Waals surface area contributed by atoms with Gasteiger partial charge in [-0.3, -0.25) is 0 Å². The Kier molecular flexibility index (Phi) is 4.56. The van der Waals surface area contributed by atoms with E-state index in [0.29, 0.717) is 5.41 Å². The summed E-state index contributed by atoms with van der Waals surface area (Å²) in [5.74, 6) is 0. The van der Waals surface area contributed by atoms with Crippen LogP contribution in [-0.2, 0) is 6.54 Å². The van der Waals surface area contributed by atoms with Gasteiger partial charge in [0.25, 0.3) is 0 Å². The molecule has 0 aliphatic rings. The minimum Gasteiger partial charge on any atom is -0.312 e. The Morgan fingerprint density at radius 2 is 1.53 bits per heavy atom. The van der Waals surface area contributed by atoms with Crippen LogP contribution in [0.15, 0.2) is 24.3 Å². The van der Waals surface area contributed by atoms with Crippen molar-refractivity contribution in [3.8, 4) is 0 Å². The lowest BCUT2D eigenvalue weighted by molar-refractivity contribution is 0.379. The van der Waals surface area contributed by atoms with Gasteiger partial charge in [0, 0.05) is 13.1 Å². The Hall–Kier alpha value is -0.603. The Morgan fingerprint density at radius 1 is 1.00 bits per heavy atom. The maximum Gasteiger partial charge on any atom is 0.0775 e. The first kappa shape index (κ1) is 14.5. The Labute approximate surface area is 108 Å². The Balaban J connectivity index is 2.52. The first-order chi connectivity index (χ1) is 7.68. The minimum atomic E-state index is -1.14. The lowest BCUT2D eigenvalue weighted by Crippen LogP contribution is -2.37. The summed E-state index contributed by atoms with van der Waals surface area (Å²) in [6.07, 6.45) is 0. The molecule has 0 bridgehead atoms. The van der Waals surface area contributed by atoms with Gasteiger partial charge in [-0.25, -0.2) is 0 Å². The standard InChI is InChI=1S/C15H27NSi/c1-15(2,3)12-16-11-13-7-9-14(10-8-13)17(4,5)6/h7-10,16H,11-12H2,1-6H3. The van der Waals surface area contributed by atoms with Crippen molar-refractivity contribution in [1.82, 2.24) is 5.32 Å². The van der Waals surface area contributed by atoms with E-state index in [4.69, 9.17) is 0 Å². The molecule has 2 heteroatoms. The highest BCUT2D eigenvalue weighted by atomic mass is 28.3. The van der Waals surface area contributed by atoms with Crippen LogP contribution in [0.3, 0.4) is 0 Å². The highest BCUT2D eigenvalue weighted by Crippen LogP contribution is 2.11. The van der Waals surface area contributed by atoms with Crippen LogP contribution in [0, 0.1) is 5.41 Å². The predicted molar refractivity (Wildman–Crippen MR) is 80.6 cm³/mol. The van der Waals surface area contributed by atoms with Crippen molar-refractivity contribution in [3.63, 3.8) is 0 Å². The van der Waals surface area contributed by atoms with Crippen LogP contribution < -0.4 is 10.5 Å². The van der Waals surface area contributed by atoms with Gasteiger partial charge in [-0.1, -0.05) is 69.9 Å². The van der Waals surface area contributed by atoms with Gasteiger partial charge in [-0.15, -0.1) is 0 Å². The molecule has 0 unspecified atom stereocenters. The summed E-state index contributed by atoms with van der Waals surface area (Å²) in [7, 11) is -1.14. The first-order valence-electron chi connectivity index (χ1n) is 6.49. The third-order valence-corrected chi connectivity index (χ3v) is 4.87. The predicted octanol–water partition coefficient (Wildman–Crippen LogP) is 3.37. The zero-order chi connectivity index (χ0) is 13.1. The van der Waals surface area contributed by atoms with Crippen LogP contribution in [0.4, 0.5) is 0 Å². The first-order valence-corrected chi connectivity index (χ1v) is 9.99. The maximum atomic E-state index is 3.51. The van der Waals surface area contributed by atoms with Crippen LogP contribution in [0.5, 0.6) is 0 Å². The van der Waals surface area contributed by atoms with Crippen molar-refractivity contribution in [1.29, 1.82) is 0 Å². The van der Waals surface area contributed by atoms with Gasteiger partial charge in [0.2, 0.25) is 0 Å². The second-order valence-electron chi connectivity index (χ2n) is 7.11. The molecule has 96 valence electrons. The second-order valence-corrected chi connectivity index (χ2v) is 12.2. The molecule has 0 heterocycles. The Bertz CT molecular complexity index is 341. The fourth-order valence-corrected chi connectivity index (χ4v) is 2.87. The molecule has 1 aromatic rings. The molecule has 0 amide bonds. The number of benzene rings is 1. The van der Waals surface area contributed by atoms with Crippen molar-refractivity contribution >= 4 is 13.3 Å². The Morgan fingerprint density at radius 3 is 1.94 bits per heavy atom. The van der Waals surface area contributed by atoms with Gasteiger partial charge in [-0.05, 0) is 11.0 Å². The van der Waals surface area contributed by atoms with Gasteiger partial charge < -0.3 is 5.32 Å². The fraction of sp³-hybridized carbons (Fsp3) is 0.600. The highest BCUT2D eigenvalue weighted by Gasteiger charge is 2.15. The second kappa shape index (κ2) is 5.36. The molecule has 1 rings (SSSR count). The molecule has 0 atom stereocenters. The molecular formula is C15H27NSi. The minimum absolute atomic E-state index is 0.359. The van der Waals surface area contributed by atoms with Crippen molar-refractivity contribution in [2.75, 3.05) is 6.54 Å². The van der Waals surface area contributed by atoms with E-state index in [1.165, 1.54) is 10.8 Å². The zero-order valence-electron chi connectivity index (χ0n) is 12.2. The molecule has 1 N–H and O–H groups in total. The summed E-state index contributed by atoms with van der Waals surface area (Å²) in [5, 5.41) is 5.05. The smallest absolute Gasteiger partial charge is 0.0775 e. The summed E-state index contributed by atoms with van der Waals surface area (Å²) in [5.41, 5.74) is 1.74. The van der Waals surface area contributed by atoms with Gasteiger partial charge in [-0.2, -0.15) is 0 Å². The molecule has 0 aromatic heterocycles. The van der Waals surface area contributed by atoms with Crippen molar-refractivity contribution < 1.29 is 0 Å². The molecular weight excluding hydrogens is 222 g/mol. The van der Waals surface area contributed by atoms with Crippen molar-refractivity contribution in [3.05, 3.63) is 29.8 Å². The molecule has 0 spiro atoms. The third-order valence-electron chi connectivity index (χ3n) is 2.80. The van der Waals surface area contributed by atoms with Gasteiger partial charge >= 0.3 is 0 Å². The van der Waals surface area contributed by atoms with E-state index < -0.39 is 8.07 Å². The molecule has 0 radical (unpaired) electrons. The highest BCUT2D eigenvalue weighted by molar-refractivity contribution is 6.88. The molecule has 0 saturated heterocycles. The average Bonchev–Trinajstić information content (AvgIpc) is 2.15. The molecule has 0 aliphatic carbocycles. The normalized spacial score (nSPS) is 12.8. The summed E-state index contributed by atoms with van der Waals surface area (Å²) in [6, 6.07) is 9.15. The lowest BCUT2D eigenvalue weighted by atomic mass is 9.97. The quantitative estimate of drug-likeness (QED) is 0.807. The summed E-state index contributed by atoms with van der Waals surface area (Å²) in [6.45, 7) is 16.0. The SMILES string of the molecule is CC(C)(C)CNCc1ccc([Si](C)(C)C)cc1. The van der Waals surface area contributed by atoms with Crippen LogP contribution in [0.1, 0.15) is 26.3 Å². The maximum absolute atomic E-state index is 3.51. The summed E-state index contributed by atoms with van der Waals surface area (Å²) < 4.78 is 0. The molecule has 0 aliphatic heterocycles. The van der Waals surface area contributed by atoms with E-state index in [0.717, 1.165) is 13.1 Å². The summed E-state index contributed by atoms with van der Waals surface area (Å²) >= 11 is 0. The van der Waals surface area contributed by atoms with Crippen LogP contribution in [0.2, 0.25) is 19.6 Å². The molecule has 1 aromatic carbocycles. The molecule has 1 nitrogen and oxygen atoms in total. The fourth-order valence-electron chi connectivity index (χ4n) is 1.70. The van der Waals surface area contributed by atoms with Crippen LogP contribution in [0.25, 0.3) is 0 Å². The van der Waals surface area contributed by atoms with Crippen molar-refractivity contribution in [2.45, 2.75) is 47.0 Å². The van der Waals surface area contributed by atoms with E-state index in [9.17, 15) is 0 Å². The van der Waals surface area contributed by atoms with E-state index in [2.05, 4.69) is 70.0 Å². The summed E-state index contributed by atoms with van der Waals surface area (Å²) in [4.78, 5) is 0. The third kappa shape index (κ3) is 5.51. The van der Waals surface area contributed by atoms with E-state index in [1.54, 1.807) is 0 Å². The van der Waals surface area contributed by atoms with Crippen LogP contribution in [-0.4, -0.2) is 14.6 Å². The monoisotopic (exact) mass is 249 g/mol. The van der Waals surface area contributed by atoms with Crippen molar-refractivity contribution in [2.24, 2.45) is 5.41 Å². The average molecular weight is 249 g/mol. The number of nitrogens with one attached hydrogen (secondary N) is 1. The topological polar surface area (TPSA) is 12.0 Å². The molecule has 17 heavy (non-hydrogen) atoms. The largest absolute Gasteiger partial charge is 0.312 e. The van der Waals surface area contributed by atoms with E-state index in [1.807, 2.05) is 0 Å². The number of rotatable bonds is 4. The molecule has 0 fully saturated rings. The van der Waals surface area contributed by atoms with E-state index >= 15 is 0 Å². The van der Waals surface area contributed by atoms with Gasteiger partial charge in [0.1, 0.15) is 0 Å². The van der Waals surface area contributed by atoms with Crippen LogP contribution >= 0.6 is 0 Å². The number of hydrogen-bond acceptors (Lipinski definition) is 1. The van der Waals surface area contributed by atoms with E-state index in [-0.39, 0.29) is 0 Å². The van der Waals surface area contributed by atoms with Gasteiger partial charge in [0.15, 0.2) is 0 Å². The molecule has 0 saturated carbocycles.